The lowest BCUT2D eigenvalue weighted by Gasteiger charge is -2.15. The van der Waals surface area contributed by atoms with Crippen LogP contribution in [-0.2, 0) is 0 Å². The van der Waals surface area contributed by atoms with Crippen LogP contribution >= 0.6 is 0 Å². The van der Waals surface area contributed by atoms with E-state index in [1.165, 1.54) is 0 Å². The molecule has 0 spiro atoms. The van der Waals surface area contributed by atoms with Gasteiger partial charge >= 0.3 is 0 Å². The van der Waals surface area contributed by atoms with E-state index >= 15 is 0 Å². The van der Waals surface area contributed by atoms with Crippen molar-refractivity contribution in [2.45, 2.75) is 20.3 Å². The van der Waals surface area contributed by atoms with Gasteiger partial charge in [-0.1, -0.05) is 13.8 Å². The molecular weight excluding hydrogens is 178 g/mol. The fourth-order valence-electron chi connectivity index (χ4n) is 0.899. The van der Waals surface area contributed by atoms with Gasteiger partial charge in [-0.15, -0.1) is 0 Å². The highest BCUT2D eigenvalue weighted by atomic mass is 15.3. The lowest BCUT2D eigenvalue weighted by molar-refractivity contribution is 0.357. The zero-order valence-corrected chi connectivity index (χ0v) is 9.51. The zero-order chi connectivity index (χ0) is 10.8. The molecular formula is C9H23N5. The first-order chi connectivity index (χ1) is 6.74. The van der Waals surface area contributed by atoms with Crippen molar-refractivity contribution in [1.82, 2.24) is 15.6 Å². The molecule has 0 rings (SSSR count). The number of hydrazine groups is 1. The predicted octanol–water partition coefficient (Wildman–Crippen LogP) is -0.243. The summed E-state index contributed by atoms with van der Waals surface area (Å²) in [5.41, 5.74) is 2.55. The molecule has 0 radical (unpaired) electrons. The molecule has 5 heteroatoms. The van der Waals surface area contributed by atoms with Crippen molar-refractivity contribution in [3.05, 3.63) is 0 Å². The zero-order valence-electron chi connectivity index (χ0n) is 9.51. The van der Waals surface area contributed by atoms with Gasteiger partial charge in [-0.3, -0.25) is 10.4 Å². The van der Waals surface area contributed by atoms with Crippen molar-refractivity contribution in [3.63, 3.8) is 0 Å². The van der Waals surface area contributed by atoms with Gasteiger partial charge in [0.1, 0.15) is 0 Å². The average molecular weight is 201 g/mol. The number of guanidine groups is 1. The molecule has 0 unspecified atom stereocenters. The third kappa shape index (κ3) is 6.68. The Bertz CT molecular complexity index is 157. The Morgan fingerprint density at radius 1 is 1.43 bits per heavy atom. The number of nitrogens with zero attached hydrogens (tertiary/aromatic N) is 2. The van der Waals surface area contributed by atoms with Gasteiger partial charge in [0.25, 0.3) is 0 Å². The molecule has 0 bridgehead atoms. The summed E-state index contributed by atoms with van der Waals surface area (Å²) in [5, 5.41) is 3.14. The second-order valence-electron chi connectivity index (χ2n) is 3.20. The van der Waals surface area contributed by atoms with Crippen LogP contribution in [0.15, 0.2) is 4.99 Å². The Morgan fingerprint density at radius 2 is 2.14 bits per heavy atom. The van der Waals surface area contributed by atoms with Crippen LogP contribution in [0.2, 0.25) is 0 Å². The quantitative estimate of drug-likeness (QED) is 0.240. The van der Waals surface area contributed by atoms with E-state index < -0.39 is 0 Å². The lowest BCUT2D eigenvalue weighted by atomic mass is 10.5. The predicted molar refractivity (Wildman–Crippen MR) is 61.1 cm³/mol. The van der Waals surface area contributed by atoms with Gasteiger partial charge in [-0.25, -0.2) is 5.84 Å². The molecule has 0 saturated heterocycles. The number of hydrogen-bond donors (Lipinski definition) is 3. The van der Waals surface area contributed by atoms with Gasteiger partial charge in [0.15, 0.2) is 0 Å². The van der Waals surface area contributed by atoms with Gasteiger partial charge in [0.2, 0.25) is 5.96 Å². The molecule has 0 aromatic carbocycles. The molecule has 0 fully saturated rings. The minimum Gasteiger partial charge on any atom is -0.354 e. The first kappa shape index (κ1) is 13.2. The summed E-state index contributed by atoms with van der Waals surface area (Å²) in [6, 6.07) is 0. The molecule has 5 nitrogen and oxygen atoms in total. The molecule has 0 aromatic heterocycles. The standard InChI is InChI=1S/C9H23N5/c1-4-6-11-9(13-10)12-7-8-14(3)5-2/h4-8,10H2,1-3H3,(H2,11,12,13). The lowest BCUT2D eigenvalue weighted by Crippen LogP contribution is -2.44. The van der Waals surface area contributed by atoms with Crippen LogP contribution in [-0.4, -0.2) is 44.1 Å². The maximum atomic E-state index is 5.31. The summed E-state index contributed by atoms with van der Waals surface area (Å²) in [5.74, 6) is 5.98. The Kier molecular flexibility index (Phi) is 8.27. The minimum absolute atomic E-state index is 0.677. The second-order valence-corrected chi connectivity index (χ2v) is 3.20. The minimum atomic E-state index is 0.677. The first-order valence-electron chi connectivity index (χ1n) is 5.18. The Morgan fingerprint density at radius 3 is 2.64 bits per heavy atom. The van der Waals surface area contributed by atoms with Gasteiger partial charge in [0.05, 0.1) is 0 Å². The SMILES string of the molecule is CCCN=C(NN)NCCN(C)CC. The van der Waals surface area contributed by atoms with Crippen molar-refractivity contribution < 1.29 is 0 Å². The summed E-state index contributed by atoms with van der Waals surface area (Å²) in [7, 11) is 2.08. The highest BCUT2D eigenvalue weighted by Crippen LogP contribution is 1.80. The summed E-state index contributed by atoms with van der Waals surface area (Å²) < 4.78 is 0. The van der Waals surface area contributed by atoms with Crippen molar-refractivity contribution in [2.24, 2.45) is 10.8 Å². The van der Waals surface area contributed by atoms with E-state index in [9.17, 15) is 0 Å². The van der Waals surface area contributed by atoms with E-state index in [4.69, 9.17) is 5.84 Å². The number of hydrogen-bond acceptors (Lipinski definition) is 3. The molecule has 0 aliphatic rings. The topological polar surface area (TPSA) is 65.7 Å². The van der Waals surface area contributed by atoms with E-state index in [2.05, 4.69) is 41.5 Å². The molecule has 14 heavy (non-hydrogen) atoms. The van der Waals surface area contributed by atoms with Crippen LogP contribution in [0, 0.1) is 0 Å². The van der Waals surface area contributed by atoms with Gasteiger partial charge in [-0.05, 0) is 20.0 Å². The third-order valence-corrected chi connectivity index (χ3v) is 1.96. The van der Waals surface area contributed by atoms with Crippen LogP contribution in [0.1, 0.15) is 20.3 Å². The van der Waals surface area contributed by atoms with Crippen LogP contribution in [0.3, 0.4) is 0 Å². The molecule has 0 atom stereocenters. The molecule has 4 N–H and O–H groups in total. The van der Waals surface area contributed by atoms with Gasteiger partial charge in [0, 0.05) is 19.6 Å². The number of aliphatic imine (C=N–C) groups is 1. The largest absolute Gasteiger partial charge is 0.354 e. The van der Waals surface area contributed by atoms with Crippen molar-refractivity contribution in [2.75, 3.05) is 33.2 Å². The molecule has 0 heterocycles. The van der Waals surface area contributed by atoms with Crippen LogP contribution < -0.4 is 16.6 Å². The summed E-state index contributed by atoms with van der Waals surface area (Å²) in [4.78, 5) is 6.46. The van der Waals surface area contributed by atoms with E-state index in [1.807, 2.05) is 0 Å². The van der Waals surface area contributed by atoms with Crippen LogP contribution in [0.5, 0.6) is 0 Å². The molecule has 0 aromatic rings. The van der Waals surface area contributed by atoms with Crippen molar-refractivity contribution in [1.29, 1.82) is 0 Å². The molecule has 0 amide bonds. The average Bonchev–Trinajstić information content (AvgIpc) is 2.22. The van der Waals surface area contributed by atoms with Crippen LogP contribution in [0.25, 0.3) is 0 Å². The fraction of sp³-hybridized carbons (Fsp3) is 0.889. The molecule has 0 saturated carbocycles. The fourth-order valence-corrected chi connectivity index (χ4v) is 0.899. The maximum Gasteiger partial charge on any atom is 0.205 e. The first-order valence-corrected chi connectivity index (χ1v) is 5.18. The smallest absolute Gasteiger partial charge is 0.205 e. The summed E-state index contributed by atoms with van der Waals surface area (Å²) in [6.07, 6.45) is 1.03. The number of nitrogens with two attached hydrogens (primary N) is 1. The third-order valence-electron chi connectivity index (χ3n) is 1.96. The highest BCUT2D eigenvalue weighted by Gasteiger charge is 1.96. The Hall–Kier alpha value is -0.810. The number of likely N-dealkylation sites (N-methyl/N-ethyl adjacent to an activating group) is 1. The Balaban J connectivity index is 3.62. The molecule has 84 valence electrons. The normalized spacial score (nSPS) is 11.9. The van der Waals surface area contributed by atoms with Gasteiger partial charge < -0.3 is 10.2 Å². The van der Waals surface area contributed by atoms with E-state index in [1.54, 1.807) is 0 Å². The van der Waals surface area contributed by atoms with Gasteiger partial charge in [-0.2, -0.15) is 0 Å². The number of rotatable bonds is 6. The van der Waals surface area contributed by atoms with E-state index in [0.717, 1.165) is 32.6 Å². The second kappa shape index (κ2) is 8.77. The molecule has 0 aliphatic heterocycles. The van der Waals surface area contributed by atoms with Crippen LogP contribution in [0.4, 0.5) is 0 Å². The number of nitrogens with one attached hydrogen (secondary N) is 2. The maximum absolute atomic E-state index is 5.31. The highest BCUT2D eigenvalue weighted by molar-refractivity contribution is 5.79. The summed E-state index contributed by atoms with van der Waals surface area (Å²) >= 11 is 0. The van der Waals surface area contributed by atoms with E-state index in [-0.39, 0.29) is 0 Å². The monoisotopic (exact) mass is 201 g/mol. The van der Waals surface area contributed by atoms with E-state index in [0.29, 0.717) is 5.96 Å². The van der Waals surface area contributed by atoms with Crippen molar-refractivity contribution >= 4 is 5.96 Å². The Labute approximate surface area is 86.7 Å². The molecule has 0 aliphatic carbocycles. The summed E-state index contributed by atoms with van der Waals surface area (Å²) in [6.45, 7) is 7.92. The van der Waals surface area contributed by atoms with Crippen molar-refractivity contribution in [3.8, 4) is 0 Å².